The van der Waals surface area contributed by atoms with E-state index in [1.165, 1.54) is 6.08 Å². The molecule has 0 radical (unpaired) electrons. The molecule has 0 aliphatic heterocycles. The Balaban J connectivity index is 0.000000231. The Morgan fingerprint density at radius 1 is 1.03 bits per heavy atom. The molecule has 0 atom stereocenters. The fourth-order valence-electron chi connectivity index (χ4n) is 2.84. The van der Waals surface area contributed by atoms with Crippen molar-refractivity contribution >= 4 is 16.5 Å². The van der Waals surface area contributed by atoms with Gasteiger partial charge >= 0.3 is 20.1 Å². The van der Waals surface area contributed by atoms with E-state index in [1.54, 1.807) is 25.3 Å². The zero-order valence-corrected chi connectivity index (χ0v) is 19.0. The molecule has 0 aliphatic rings. The standard InChI is InChI=1S/C15H8F2N.C10H10N2.Ir/c16-11-5-6-13(14(17)9-11)15-12-4-2-1-3-10(12)7-8-18-15;1-8(11)7-10(12)9-5-3-2-4-6-9;/h1-5,7-9H;2-7,11H,1H3;/q-1;-2;+3. The minimum absolute atomic E-state index is 0. The topological polar surface area (TPSA) is 59.0 Å². The summed E-state index contributed by atoms with van der Waals surface area (Å²) < 4.78 is 26.6. The van der Waals surface area contributed by atoms with Crippen LogP contribution in [0, 0.1) is 17.7 Å². The summed E-state index contributed by atoms with van der Waals surface area (Å²) in [4.78, 5) is 4.17. The van der Waals surface area contributed by atoms with Gasteiger partial charge in [-0.15, -0.1) is 12.1 Å². The second-order valence-corrected chi connectivity index (χ2v) is 6.50. The smallest absolute Gasteiger partial charge is 0.804 e. The molecule has 1 aromatic heterocycles. The molecule has 1 N–H and O–H groups in total. The Hall–Kier alpha value is -3.21. The van der Waals surface area contributed by atoms with Crippen molar-refractivity contribution in [1.29, 1.82) is 0 Å². The maximum absolute atomic E-state index is 13.8. The summed E-state index contributed by atoms with van der Waals surface area (Å²) in [7, 11) is 0. The molecular formula is C25H18F2IrN3. The van der Waals surface area contributed by atoms with Gasteiger partial charge in [0.1, 0.15) is 0 Å². The number of nitrogens with one attached hydrogen (secondary N) is 1. The van der Waals surface area contributed by atoms with E-state index in [0.717, 1.165) is 28.5 Å². The van der Waals surface area contributed by atoms with Crippen LogP contribution < -0.4 is 0 Å². The van der Waals surface area contributed by atoms with Crippen LogP contribution in [0.15, 0.2) is 90.8 Å². The molecule has 0 bridgehead atoms. The minimum atomic E-state index is -0.654. The van der Waals surface area contributed by atoms with Gasteiger partial charge < -0.3 is 16.1 Å². The predicted molar refractivity (Wildman–Crippen MR) is 118 cm³/mol. The molecule has 0 saturated carbocycles. The van der Waals surface area contributed by atoms with Crippen LogP contribution in [-0.4, -0.2) is 10.7 Å². The normalized spacial score (nSPS) is 10.6. The van der Waals surface area contributed by atoms with Gasteiger partial charge in [0.2, 0.25) is 0 Å². The number of halogens is 2. The van der Waals surface area contributed by atoms with Gasteiger partial charge in [-0.3, -0.25) is 8.78 Å². The first-order valence-corrected chi connectivity index (χ1v) is 9.18. The molecule has 0 aliphatic carbocycles. The zero-order valence-electron chi connectivity index (χ0n) is 16.6. The van der Waals surface area contributed by atoms with Gasteiger partial charge in [-0.05, 0) is 28.1 Å². The molecule has 31 heavy (non-hydrogen) atoms. The van der Waals surface area contributed by atoms with E-state index in [2.05, 4.69) is 11.1 Å². The van der Waals surface area contributed by atoms with Gasteiger partial charge in [-0.1, -0.05) is 79.2 Å². The van der Waals surface area contributed by atoms with Crippen LogP contribution >= 0.6 is 0 Å². The van der Waals surface area contributed by atoms with Gasteiger partial charge in [0.25, 0.3) is 0 Å². The third-order valence-electron chi connectivity index (χ3n) is 4.19. The van der Waals surface area contributed by atoms with E-state index < -0.39 is 11.6 Å². The molecule has 6 heteroatoms. The monoisotopic (exact) mass is 591 g/mol. The first-order valence-electron chi connectivity index (χ1n) is 9.18. The maximum Gasteiger partial charge on any atom is 3.00 e. The van der Waals surface area contributed by atoms with Crippen LogP contribution in [0.3, 0.4) is 0 Å². The van der Waals surface area contributed by atoms with Crippen LogP contribution in [0.4, 0.5) is 8.78 Å². The van der Waals surface area contributed by atoms with Crippen molar-refractivity contribution in [2.45, 2.75) is 6.92 Å². The van der Waals surface area contributed by atoms with Crippen LogP contribution in [0.2, 0.25) is 0 Å². The molecule has 3 aromatic carbocycles. The number of benzene rings is 3. The molecule has 4 rings (SSSR count). The largest absolute Gasteiger partial charge is 3.00 e. The summed E-state index contributed by atoms with van der Waals surface area (Å²) >= 11 is 0. The van der Waals surface area contributed by atoms with E-state index in [1.807, 2.05) is 48.5 Å². The average Bonchev–Trinajstić information content (AvgIpc) is 2.74. The van der Waals surface area contributed by atoms with E-state index in [0.29, 0.717) is 11.4 Å². The van der Waals surface area contributed by atoms with Gasteiger partial charge in [-0.2, -0.15) is 11.4 Å². The summed E-state index contributed by atoms with van der Waals surface area (Å²) in [6.45, 7) is 1.62. The fraction of sp³-hybridized carbons (Fsp3) is 0.0400. The van der Waals surface area contributed by atoms with Crippen molar-refractivity contribution in [3.63, 3.8) is 0 Å². The quantitative estimate of drug-likeness (QED) is 0.188. The summed E-state index contributed by atoms with van der Waals surface area (Å²) in [5, 5.41) is 11.2. The van der Waals surface area contributed by atoms with Crippen molar-refractivity contribution in [2.24, 2.45) is 0 Å². The Bertz CT molecular complexity index is 1200. The van der Waals surface area contributed by atoms with Crippen LogP contribution in [0.5, 0.6) is 0 Å². The SMILES string of the molecule is CC([NH-])=CC(=[N-])c1ccccc1.Fc1c[c-]c(-c2nccc3ccccc23)c(F)c1.[Ir+3]. The van der Waals surface area contributed by atoms with Crippen LogP contribution in [0.25, 0.3) is 33.2 Å². The third-order valence-corrected chi connectivity index (χ3v) is 4.19. The molecule has 0 unspecified atom stereocenters. The van der Waals surface area contributed by atoms with E-state index in [4.69, 9.17) is 5.73 Å². The van der Waals surface area contributed by atoms with E-state index >= 15 is 0 Å². The van der Waals surface area contributed by atoms with E-state index in [9.17, 15) is 14.2 Å². The fourth-order valence-corrected chi connectivity index (χ4v) is 2.84. The predicted octanol–water partition coefficient (Wildman–Crippen LogP) is 6.98. The average molecular weight is 591 g/mol. The number of fused-ring (bicyclic) bond motifs is 1. The molecule has 156 valence electrons. The summed E-state index contributed by atoms with van der Waals surface area (Å²) in [5.41, 5.74) is 9.03. The second-order valence-electron chi connectivity index (χ2n) is 6.50. The molecule has 0 fully saturated rings. The van der Waals surface area contributed by atoms with Crippen LogP contribution in [0.1, 0.15) is 12.5 Å². The maximum atomic E-state index is 13.8. The zero-order chi connectivity index (χ0) is 21.5. The number of pyridine rings is 1. The van der Waals surface area contributed by atoms with Gasteiger partial charge in [0.05, 0.1) is 0 Å². The molecule has 3 nitrogen and oxygen atoms in total. The van der Waals surface area contributed by atoms with Crippen molar-refractivity contribution in [3.05, 3.63) is 125 Å². The Morgan fingerprint density at radius 3 is 2.39 bits per heavy atom. The minimum Gasteiger partial charge on any atom is -0.804 e. The Kier molecular flexibility index (Phi) is 8.74. The Morgan fingerprint density at radius 2 is 1.71 bits per heavy atom. The number of nitrogens with zero attached hydrogens (tertiary/aromatic N) is 2. The number of hydrogen-bond donors (Lipinski definition) is 0. The first-order chi connectivity index (χ1) is 14.5. The summed E-state index contributed by atoms with van der Waals surface area (Å²) in [6.07, 6.45) is 3.03. The van der Waals surface area contributed by atoms with Gasteiger partial charge in [0.15, 0.2) is 0 Å². The summed E-state index contributed by atoms with van der Waals surface area (Å²) in [5.74, 6) is -1.30. The third kappa shape index (κ3) is 6.38. The summed E-state index contributed by atoms with van der Waals surface area (Å²) in [6, 6.07) is 23.1. The molecule has 0 saturated heterocycles. The van der Waals surface area contributed by atoms with E-state index in [-0.39, 0.29) is 31.4 Å². The number of aromatic nitrogens is 1. The van der Waals surface area contributed by atoms with Crippen molar-refractivity contribution in [1.82, 2.24) is 4.98 Å². The van der Waals surface area contributed by atoms with Crippen molar-refractivity contribution in [2.75, 3.05) is 0 Å². The molecule has 4 aromatic rings. The molecule has 0 spiro atoms. The van der Waals surface area contributed by atoms with Crippen LogP contribution in [-0.2, 0) is 20.1 Å². The second kappa shape index (κ2) is 11.3. The van der Waals surface area contributed by atoms with Gasteiger partial charge in [0, 0.05) is 17.8 Å². The molecule has 0 amide bonds. The number of hydrogen-bond acceptors (Lipinski definition) is 1. The number of rotatable bonds is 3. The first kappa shape index (κ1) is 24.1. The molecular weight excluding hydrogens is 573 g/mol. The number of allylic oxidation sites excluding steroid dienone is 2. The van der Waals surface area contributed by atoms with Gasteiger partial charge in [-0.25, -0.2) is 0 Å². The molecule has 1 heterocycles. The van der Waals surface area contributed by atoms with Crippen molar-refractivity contribution < 1.29 is 28.9 Å². The van der Waals surface area contributed by atoms with Crippen molar-refractivity contribution in [3.8, 4) is 11.3 Å². The Labute approximate surface area is 193 Å².